The van der Waals surface area contributed by atoms with Gasteiger partial charge in [0.2, 0.25) is 0 Å². The third-order valence-corrected chi connectivity index (χ3v) is 5.00. The number of nitrogens with one attached hydrogen (secondary N) is 2. The summed E-state index contributed by atoms with van der Waals surface area (Å²) in [5.74, 6) is 0.178. The molecule has 0 unspecified atom stereocenters. The van der Waals surface area contributed by atoms with Crippen LogP contribution in [0.5, 0.6) is 11.5 Å². The second kappa shape index (κ2) is 10.8. The van der Waals surface area contributed by atoms with Crippen molar-refractivity contribution < 1.29 is 24.0 Å². The molecule has 11 nitrogen and oxygen atoms in total. The number of benzene rings is 3. The van der Waals surface area contributed by atoms with Gasteiger partial charge in [-0.1, -0.05) is 18.2 Å². The first-order valence-corrected chi connectivity index (χ1v) is 10.7. The number of anilines is 2. The predicted molar refractivity (Wildman–Crippen MR) is 132 cm³/mol. The lowest BCUT2D eigenvalue weighted by molar-refractivity contribution is -0.384. The largest absolute Gasteiger partial charge is 0.493 e. The molecule has 0 bridgehead atoms. The summed E-state index contributed by atoms with van der Waals surface area (Å²) < 4.78 is 12.2. The maximum absolute atomic E-state index is 12.7. The Balaban J connectivity index is 1.35. The van der Waals surface area contributed by atoms with Gasteiger partial charge in [-0.25, -0.2) is 4.68 Å². The van der Waals surface area contributed by atoms with Gasteiger partial charge in [0, 0.05) is 29.7 Å². The quantitative estimate of drug-likeness (QED) is 0.268. The second-order valence-electron chi connectivity index (χ2n) is 7.47. The van der Waals surface area contributed by atoms with E-state index in [1.165, 1.54) is 48.5 Å². The van der Waals surface area contributed by atoms with Crippen molar-refractivity contribution in [2.75, 3.05) is 24.4 Å². The second-order valence-corrected chi connectivity index (χ2v) is 7.47. The van der Waals surface area contributed by atoms with Crippen molar-refractivity contribution in [3.8, 4) is 17.2 Å². The number of nitrogens with zero attached hydrogens (tertiary/aromatic N) is 3. The molecule has 0 fully saturated rings. The number of non-ortho nitro benzene ring substituents is 1. The Kier molecular flexibility index (Phi) is 7.20. The van der Waals surface area contributed by atoms with Crippen LogP contribution in [-0.2, 0) is 4.79 Å². The van der Waals surface area contributed by atoms with Crippen LogP contribution >= 0.6 is 0 Å². The molecule has 0 spiro atoms. The van der Waals surface area contributed by atoms with Gasteiger partial charge < -0.3 is 20.1 Å². The highest BCUT2D eigenvalue weighted by molar-refractivity contribution is 6.04. The Hall–Kier alpha value is -5.19. The fourth-order valence-corrected chi connectivity index (χ4v) is 3.26. The zero-order chi connectivity index (χ0) is 25.5. The van der Waals surface area contributed by atoms with Crippen LogP contribution in [0.3, 0.4) is 0 Å². The van der Waals surface area contributed by atoms with E-state index >= 15 is 0 Å². The SMILES string of the molecule is COc1ccccc1OCC(=O)Nc1cccc(NC(=O)c2cnn(-c3ccc([N+](=O)[O-])cc3)c2)c1. The molecular weight excluding hydrogens is 466 g/mol. The Morgan fingerprint density at radius 2 is 1.67 bits per heavy atom. The summed E-state index contributed by atoms with van der Waals surface area (Å²) in [4.78, 5) is 35.3. The molecule has 0 saturated carbocycles. The van der Waals surface area contributed by atoms with Gasteiger partial charge in [-0.3, -0.25) is 19.7 Å². The van der Waals surface area contributed by atoms with Crippen molar-refractivity contribution in [3.05, 3.63) is 101 Å². The van der Waals surface area contributed by atoms with Crippen molar-refractivity contribution in [3.63, 3.8) is 0 Å². The number of nitro groups is 1. The Morgan fingerprint density at radius 3 is 2.36 bits per heavy atom. The first kappa shape index (κ1) is 24.0. The average molecular weight is 487 g/mol. The van der Waals surface area contributed by atoms with Crippen LogP contribution < -0.4 is 20.1 Å². The molecule has 0 radical (unpaired) electrons. The number of amides is 2. The van der Waals surface area contributed by atoms with E-state index in [0.717, 1.165) is 0 Å². The van der Waals surface area contributed by atoms with Crippen molar-refractivity contribution >= 4 is 28.9 Å². The van der Waals surface area contributed by atoms with Gasteiger partial charge in [0.05, 0.1) is 29.5 Å². The van der Waals surface area contributed by atoms with Gasteiger partial charge in [0.1, 0.15) is 0 Å². The fourth-order valence-electron chi connectivity index (χ4n) is 3.26. The minimum atomic E-state index is -0.490. The van der Waals surface area contributed by atoms with Crippen LogP contribution in [0.4, 0.5) is 17.1 Å². The van der Waals surface area contributed by atoms with Crippen molar-refractivity contribution in [1.29, 1.82) is 0 Å². The molecular formula is C25H21N5O6. The first-order chi connectivity index (χ1) is 17.4. The maximum atomic E-state index is 12.7. The third kappa shape index (κ3) is 5.83. The highest BCUT2D eigenvalue weighted by atomic mass is 16.6. The molecule has 1 heterocycles. The number of aromatic nitrogens is 2. The van der Waals surface area contributed by atoms with Crippen LogP contribution in [0, 0.1) is 10.1 Å². The van der Waals surface area contributed by atoms with E-state index in [2.05, 4.69) is 15.7 Å². The van der Waals surface area contributed by atoms with Crippen LogP contribution in [0.1, 0.15) is 10.4 Å². The zero-order valence-electron chi connectivity index (χ0n) is 19.1. The molecule has 4 rings (SSSR count). The standard InChI is InChI=1S/C25H21N5O6/c1-35-22-7-2-3-8-23(22)36-16-24(31)27-18-5-4-6-19(13-18)28-25(32)17-14-26-29(15-17)20-9-11-21(12-10-20)30(33)34/h2-15H,16H2,1H3,(H,27,31)(H,28,32). The minimum Gasteiger partial charge on any atom is -0.493 e. The Labute approximate surface area is 205 Å². The lowest BCUT2D eigenvalue weighted by Gasteiger charge is -2.11. The predicted octanol–water partition coefficient (Wildman–Crippen LogP) is 4.06. The number of methoxy groups -OCH3 is 1. The van der Waals surface area contributed by atoms with Crippen LogP contribution in [0.15, 0.2) is 85.2 Å². The van der Waals surface area contributed by atoms with Gasteiger partial charge in [-0.2, -0.15) is 5.10 Å². The van der Waals surface area contributed by atoms with Gasteiger partial charge in [0.15, 0.2) is 18.1 Å². The van der Waals surface area contributed by atoms with E-state index in [1.807, 2.05) is 0 Å². The van der Waals surface area contributed by atoms with E-state index in [0.29, 0.717) is 28.6 Å². The number of hydrogen-bond donors (Lipinski definition) is 2. The van der Waals surface area contributed by atoms with Crippen LogP contribution in [0.25, 0.3) is 5.69 Å². The summed E-state index contributed by atoms with van der Waals surface area (Å²) in [6, 6.07) is 19.5. The topological polar surface area (TPSA) is 138 Å². The first-order valence-electron chi connectivity index (χ1n) is 10.7. The number of carbonyl (C=O) groups excluding carboxylic acids is 2. The van der Waals surface area contributed by atoms with E-state index in [-0.39, 0.29) is 23.8 Å². The lowest BCUT2D eigenvalue weighted by Crippen LogP contribution is -2.20. The number of nitro benzene ring substituents is 1. The highest BCUT2D eigenvalue weighted by Crippen LogP contribution is 2.25. The zero-order valence-corrected chi connectivity index (χ0v) is 19.1. The summed E-state index contributed by atoms with van der Waals surface area (Å²) in [7, 11) is 1.52. The molecule has 0 atom stereocenters. The van der Waals surface area contributed by atoms with Gasteiger partial charge in [0.25, 0.3) is 17.5 Å². The van der Waals surface area contributed by atoms with Crippen LogP contribution in [-0.4, -0.2) is 40.2 Å². The molecule has 1 aromatic heterocycles. The van der Waals surface area contributed by atoms with Gasteiger partial charge in [-0.15, -0.1) is 0 Å². The molecule has 0 aliphatic heterocycles. The number of hydrogen-bond acceptors (Lipinski definition) is 7. The van der Waals surface area contributed by atoms with E-state index < -0.39 is 10.8 Å². The molecule has 11 heteroatoms. The van der Waals surface area contributed by atoms with E-state index in [4.69, 9.17) is 9.47 Å². The summed E-state index contributed by atoms with van der Waals surface area (Å²) in [6.45, 7) is -0.223. The molecule has 2 N–H and O–H groups in total. The third-order valence-electron chi connectivity index (χ3n) is 5.00. The maximum Gasteiger partial charge on any atom is 0.269 e. The molecule has 36 heavy (non-hydrogen) atoms. The summed E-state index contributed by atoms with van der Waals surface area (Å²) in [6.07, 6.45) is 2.90. The average Bonchev–Trinajstić information content (AvgIpc) is 3.38. The summed E-state index contributed by atoms with van der Waals surface area (Å²) in [5, 5.41) is 20.4. The number of rotatable bonds is 9. The lowest BCUT2D eigenvalue weighted by atomic mass is 10.2. The normalized spacial score (nSPS) is 10.4. The Morgan fingerprint density at radius 1 is 0.972 bits per heavy atom. The minimum absolute atomic E-state index is 0.0396. The fraction of sp³-hybridized carbons (Fsp3) is 0.0800. The molecule has 0 aliphatic carbocycles. The Bertz CT molecular complexity index is 1400. The summed E-state index contributed by atoms with van der Waals surface area (Å²) >= 11 is 0. The molecule has 182 valence electrons. The molecule has 4 aromatic rings. The highest BCUT2D eigenvalue weighted by Gasteiger charge is 2.12. The smallest absolute Gasteiger partial charge is 0.269 e. The van der Waals surface area contributed by atoms with Gasteiger partial charge in [-0.05, 0) is 42.5 Å². The summed E-state index contributed by atoms with van der Waals surface area (Å²) in [5.41, 5.74) is 1.75. The van der Waals surface area contributed by atoms with Crippen molar-refractivity contribution in [2.24, 2.45) is 0 Å². The molecule has 3 aromatic carbocycles. The molecule has 0 saturated heterocycles. The van der Waals surface area contributed by atoms with Crippen molar-refractivity contribution in [2.45, 2.75) is 0 Å². The monoisotopic (exact) mass is 487 g/mol. The number of carbonyl (C=O) groups is 2. The van der Waals surface area contributed by atoms with Crippen molar-refractivity contribution in [1.82, 2.24) is 9.78 Å². The van der Waals surface area contributed by atoms with E-state index in [1.54, 1.807) is 48.5 Å². The number of ether oxygens (including phenoxy) is 2. The number of para-hydroxylation sites is 2. The van der Waals surface area contributed by atoms with Crippen LogP contribution in [0.2, 0.25) is 0 Å². The van der Waals surface area contributed by atoms with Gasteiger partial charge >= 0.3 is 0 Å². The molecule has 0 aliphatic rings. The molecule has 2 amide bonds. The van der Waals surface area contributed by atoms with E-state index in [9.17, 15) is 19.7 Å².